The van der Waals surface area contributed by atoms with Crippen molar-refractivity contribution in [1.82, 2.24) is 15.6 Å². The third-order valence-corrected chi connectivity index (χ3v) is 4.68. The highest BCUT2D eigenvalue weighted by Crippen LogP contribution is 2.15. The van der Waals surface area contributed by atoms with Gasteiger partial charge in [-0.05, 0) is 38.0 Å². The van der Waals surface area contributed by atoms with E-state index in [-0.39, 0.29) is 6.10 Å². The van der Waals surface area contributed by atoms with Gasteiger partial charge in [-0.1, -0.05) is 35.9 Å². The third-order valence-electron chi connectivity index (χ3n) is 4.68. The molecular weight excluding hydrogens is 350 g/mol. The first kappa shape index (κ1) is 20.1. The van der Waals surface area contributed by atoms with Gasteiger partial charge in [0.25, 0.3) is 0 Å². The van der Waals surface area contributed by atoms with E-state index in [0.717, 1.165) is 50.1 Å². The molecule has 28 heavy (non-hydrogen) atoms. The van der Waals surface area contributed by atoms with Crippen molar-refractivity contribution in [3.8, 4) is 0 Å². The van der Waals surface area contributed by atoms with E-state index in [1.165, 1.54) is 11.1 Å². The van der Waals surface area contributed by atoms with Crippen molar-refractivity contribution in [2.45, 2.75) is 40.0 Å². The molecule has 1 aromatic carbocycles. The van der Waals surface area contributed by atoms with Crippen molar-refractivity contribution in [3.05, 3.63) is 59.3 Å². The molecule has 1 aliphatic heterocycles. The monoisotopic (exact) mass is 381 g/mol. The average molecular weight is 382 g/mol. The maximum absolute atomic E-state index is 5.60. The number of hydrogen-bond donors (Lipinski definition) is 2. The number of aryl methyl sites for hydroxylation is 1. The predicted octanol–water partition coefficient (Wildman–Crippen LogP) is 2.87. The van der Waals surface area contributed by atoms with Crippen LogP contribution in [0.25, 0.3) is 0 Å². The summed E-state index contributed by atoms with van der Waals surface area (Å²) >= 11 is 0. The number of nitrogens with zero attached hydrogens (tertiary/aromatic N) is 3. The zero-order valence-electron chi connectivity index (χ0n) is 17.1. The second kappa shape index (κ2) is 10.1. The van der Waals surface area contributed by atoms with Crippen LogP contribution in [0, 0.1) is 6.92 Å². The molecule has 6 heteroatoms. The Morgan fingerprint density at radius 1 is 1.25 bits per heavy atom. The fourth-order valence-corrected chi connectivity index (χ4v) is 3.24. The van der Waals surface area contributed by atoms with Gasteiger partial charge < -0.3 is 20.3 Å². The molecule has 6 nitrogen and oxygen atoms in total. The normalized spacial score (nSPS) is 17.5. The molecule has 0 bridgehead atoms. The lowest BCUT2D eigenvalue weighted by molar-refractivity contribution is 0.0529. The van der Waals surface area contributed by atoms with E-state index in [9.17, 15) is 0 Å². The first-order valence-electron chi connectivity index (χ1n) is 10.0. The van der Waals surface area contributed by atoms with Crippen LogP contribution in [0.4, 0.5) is 5.82 Å². The van der Waals surface area contributed by atoms with Crippen molar-refractivity contribution in [2.24, 2.45) is 4.99 Å². The van der Waals surface area contributed by atoms with Gasteiger partial charge in [-0.2, -0.15) is 0 Å². The molecule has 1 unspecified atom stereocenters. The second-order valence-electron chi connectivity index (χ2n) is 7.19. The van der Waals surface area contributed by atoms with Gasteiger partial charge in [0.05, 0.1) is 19.3 Å². The second-order valence-corrected chi connectivity index (χ2v) is 7.19. The summed E-state index contributed by atoms with van der Waals surface area (Å²) in [6.07, 6.45) is 2.17. The highest BCUT2D eigenvalue weighted by atomic mass is 16.5. The molecule has 0 aliphatic carbocycles. The number of guanidine groups is 1. The number of morpholine rings is 1. The summed E-state index contributed by atoms with van der Waals surface area (Å²) in [4.78, 5) is 11.6. The Morgan fingerprint density at radius 2 is 2.14 bits per heavy atom. The van der Waals surface area contributed by atoms with Crippen LogP contribution < -0.4 is 15.5 Å². The molecule has 0 amide bonds. The smallest absolute Gasteiger partial charge is 0.191 e. The quantitative estimate of drug-likeness (QED) is 0.595. The molecule has 0 spiro atoms. The number of pyridine rings is 1. The topological polar surface area (TPSA) is 61.8 Å². The minimum atomic E-state index is 0.252. The standard InChI is InChI=1S/C22H31N5O/c1-4-23-22(25-13-19-7-5-6-17(2)12-19)26-15-20-8-9-21(24-14-20)27-10-11-28-18(3)16-27/h5-9,12,14,18H,4,10-11,13,15-16H2,1-3H3,(H2,23,25,26). The number of aliphatic imine (C=N–C) groups is 1. The van der Waals surface area contributed by atoms with E-state index in [2.05, 4.69) is 77.7 Å². The number of benzene rings is 1. The maximum atomic E-state index is 5.60. The van der Waals surface area contributed by atoms with E-state index in [1.54, 1.807) is 0 Å². The van der Waals surface area contributed by atoms with Gasteiger partial charge in [0.15, 0.2) is 5.96 Å². The van der Waals surface area contributed by atoms with Crippen molar-refractivity contribution in [3.63, 3.8) is 0 Å². The lowest BCUT2D eigenvalue weighted by Gasteiger charge is -2.32. The molecule has 1 aliphatic rings. The van der Waals surface area contributed by atoms with Crippen LogP contribution in [0.15, 0.2) is 47.6 Å². The summed E-state index contributed by atoms with van der Waals surface area (Å²) in [6.45, 7) is 11.0. The highest BCUT2D eigenvalue weighted by molar-refractivity contribution is 5.79. The summed E-state index contributed by atoms with van der Waals surface area (Å²) in [7, 11) is 0. The summed E-state index contributed by atoms with van der Waals surface area (Å²) in [5.41, 5.74) is 3.61. The Labute approximate surface area is 168 Å². The van der Waals surface area contributed by atoms with Crippen LogP contribution in [0.5, 0.6) is 0 Å². The lowest BCUT2D eigenvalue weighted by atomic mass is 10.1. The molecule has 150 valence electrons. The van der Waals surface area contributed by atoms with Crippen molar-refractivity contribution in [2.75, 3.05) is 31.1 Å². The summed E-state index contributed by atoms with van der Waals surface area (Å²) in [5, 5.41) is 6.70. The number of rotatable bonds is 6. The summed E-state index contributed by atoms with van der Waals surface area (Å²) in [6, 6.07) is 12.7. The Morgan fingerprint density at radius 3 is 2.86 bits per heavy atom. The van der Waals surface area contributed by atoms with Crippen molar-refractivity contribution >= 4 is 11.8 Å². The summed E-state index contributed by atoms with van der Waals surface area (Å²) < 4.78 is 5.60. The molecule has 2 heterocycles. The summed E-state index contributed by atoms with van der Waals surface area (Å²) in [5.74, 6) is 1.82. The molecule has 1 atom stereocenters. The molecule has 2 aromatic rings. The Bertz CT molecular complexity index is 775. The van der Waals surface area contributed by atoms with Crippen LogP contribution in [0.2, 0.25) is 0 Å². The molecule has 1 fully saturated rings. The van der Waals surface area contributed by atoms with Gasteiger partial charge in [-0.3, -0.25) is 0 Å². The Hall–Kier alpha value is -2.60. The van der Waals surface area contributed by atoms with Crippen LogP contribution in [-0.2, 0) is 17.8 Å². The van der Waals surface area contributed by atoms with E-state index in [0.29, 0.717) is 6.54 Å². The Kier molecular flexibility index (Phi) is 7.25. The van der Waals surface area contributed by atoms with Crippen molar-refractivity contribution < 1.29 is 4.74 Å². The van der Waals surface area contributed by atoms with Gasteiger partial charge in [0, 0.05) is 32.4 Å². The van der Waals surface area contributed by atoms with Crippen LogP contribution in [-0.4, -0.2) is 43.3 Å². The zero-order chi connectivity index (χ0) is 19.8. The first-order valence-corrected chi connectivity index (χ1v) is 10.0. The first-order chi connectivity index (χ1) is 13.6. The predicted molar refractivity (Wildman–Crippen MR) is 115 cm³/mol. The number of nitrogens with one attached hydrogen (secondary N) is 2. The number of aromatic nitrogens is 1. The molecule has 1 saturated heterocycles. The lowest BCUT2D eigenvalue weighted by Crippen LogP contribution is -2.41. The van der Waals surface area contributed by atoms with Crippen LogP contribution >= 0.6 is 0 Å². The molecule has 1 aromatic heterocycles. The molecule has 0 radical (unpaired) electrons. The van der Waals surface area contributed by atoms with Gasteiger partial charge in [-0.15, -0.1) is 0 Å². The molecule has 0 saturated carbocycles. The number of anilines is 1. The average Bonchev–Trinajstić information content (AvgIpc) is 2.70. The largest absolute Gasteiger partial charge is 0.375 e. The van der Waals surface area contributed by atoms with Gasteiger partial charge in [-0.25, -0.2) is 9.98 Å². The van der Waals surface area contributed by atoms with Crippen LogP contribution in [0.3, 0.4) is 0 Å². The Balaban J connectivity index is 1.57. The SMILES string of the molecule is CCNC(=NCc1ccc(N2CCOC(C)C2)nc1)NCc1cccc(C)c1. The minimum absolute atomic E-state index is 0.252. The molecule has 3 rings (SSSR count). The zero-order valence-corrected chi connectivity index (χ0v) is 17.1. The third kappa shape index (κ3) is 5.96. The van der Waals surface area contributed by atoms with Gasteiger partial charge in [0.1, 0.15) is 5.82 Å². The van der Waals surface area contributed by atoms with Crippen molar-refractivity contribution in [1.29, 1.82) is 0 Å². The highest BCUT2D eigenvalue weighted by Gasteiger charge is 2.17. The van der Waals surface area contributed by atoms with E-state index in [1.807, 2.05) is 6.20 Å². The minimum Gasteiger partial charge on any atom is -0.375 e. The fraction of sp³-hybridized carbons (Fsp3) is 0.455. The maximum Gasteiger partial charge on any atom is 0.191 e. The van der Waals surface area contributed by atoms with Gasteiger partial charge in [0.2, 0.25) is 0 Å². The number of hydrogen-bond acceptors (Lipinski definition) is 4. The van der Waals surface area contributed by atoms with Gasteiger partial charge >= 0.3 is 0 Å². The van der Waals surface area contributed by atoms with Crippen LogP contribution in [0.1, 0.15) is 30.5 Å². The fourth-order valence-electron chi connectivity index (χ4n) is 3.24. The molecular formula is C22H31N5O. The van der Waals surface area contributed by atoms with E-state index >= 15 is 0 Å². The molecule has 2 N–H and O–H groups in total. The van der Waals surface area contributed by atoms with E-state index in [4.69, 9.17) is 9.73 Å². The van der Waals surface area contributed by atoms with E-state index < -0.39 is 0 Å². The number of ether oxygens (including phenoxy) is 1.